The summed E-state index contributed by atoms with van der Waals surface area (Å²) in [7, 11) is -8.47. The highest BCUT2D eigenvalue weighted by molar-refractivity contribution is 7.87. The molecule has 1 aromatic rings. The summed E-state index contributed by atoms with van der Waals surface area (Å²) in [5.41, 5.74) is 0.351. The van der Waals surface area contributed by atoms with E-state index >= 15 is 0 Å². The van der Waals surface area contributed by atoms with Gasteiger partial charge in [-0.25, -0.2) is 0 Å². The molecule has 0 unspecified atom stereocenters. The molecular formula is C11H16O6S2. The summed E-state index contributed by atoms with van der Waals surface area (Å²) < 4.78 is 59.5. The minimum absolute atomic E-state index is 0.0361. The molecule has 0 saturated carbocycles. The minimum Gasteiger partial charge on any atom is -0.282 e. The summed E-state index contributed by atoms with van der Waals surface area (Å²) in [6.45, 7) is 3.44. The molecule has 0 aromatic heterocycles. The van der Waals surface area contributed by atoms with E-state index in [1.54, 1.807) is 0 Å². The predicted octanol–water partition coefficient (Wildman–Crippen LogP) is 1.75. The number of benzene rings is 1. The van der Waals surface area contributed by atoms with Crippen LogP contribution in [0.5, 0.6) is 0 Å². The van der Waals surface area contributed by atoms with Crippen LogP contribution in [0.2, 0.25) is 0 Å². The van der Waals surface area contributed by atoms with Crippen LogP contribution in [-0.4, -0.2) is 28.0 Å². The number of hydrogen-bond donors (Lipinski definition) is 1. The van der Waals surface area contributed by atoms with Crippen LogP contribution in [0.3, 0.4) is 0 Å². The average Bonchev–Trinajstić information content (AvgIpc) is 2.27. The van der Waals surface area contributed by atoms with Crippen molar-refractivity contribution in [2.75, 3.05) is 6.61 Å². The van der Waals surface area contributed by atoms with Gasteiger partial charge in [-0.2, -0.15) is 16.8 Å². The van der Waals surface area contributed by atoms with Gasteiger partial charge in [0.05, 0.1) is 16.4 Å². The van der Waals surface area contributed by atoms with Gasteiger partial charge < -0.3 is 0 Å². The van der Waals surface area contributed by atoms with Crippen molar-refractivity contribution >= 4 is 20.2 Å². The molecule has 108 valence electrons. The van der Waals surface area contributed by atoms with Crippen LogP contribution in [0.15, 0.2) is 28.0 Å². The fourth-order valence-corrected chi connectivity index (χ4v) is 3.17. The van der Waals surface area contributed by atoms with Gasteiger partial charge in [0.15, 0.2) is 0 Å². The molecule has 0 atom stereocenters. The first-order chi connectivity index (χ1) is 8.68. The molecule has 0 bridgehead atoms. The third-order valence-corrected chi connectivity index (χ3v) is 4.77. The molecule has 0 radical (unpaired) electrons. The van der Waals surface area contributed by atoms with Crippen LogP contribution < -0.4 is 0 Å². The first-order valence-corrected chi connectivity index (χ1v) is 8.51. The van der Waals surface area contributed by atoms with Gasteiger partial charge in [-0.1, -0.05) is 19.4 Å². The van der Waals surface area contributed by atoms with Crippen LogP contribution >= 0.6 is 0 Å². The maximum atomic E-state index is 11.9. The molecule has 19 heavy (non-hydrogen) atoms. The van der Waals surface area contributed by atoms with Crippen molar-refractivity contribution in [2.24, 2.45) is 0 Å². The van der Waals surface area contributed by atoms with Crippen molar-refractivity contribution in [2.45, 2.75) is 36.5 Å². The first-order valence-electron chi connectivity index (χ1n) is 5.66. The van der Waals surface area contributed by atoms with Crippen LogP contribution in [-0.2, 0) is 24.4 Å². The lowest BCUT2D eigenvalue weighted by atomic mass is 10.2. The van der Waals surface area contributed by atoms with E-state index in [1.165, 1.54) is 13.0 Å². The zero-order valence-electron chi connectivity index (χ0n) is 10.7. The highest BCUT2D eigenvalue weighted by Crippen LogP contribution is 2.22. The first kappa shape index (κ1) is 16.1. The summed E-state index contributed by atoms with van der Waals surface area (Å²) >= 11 is 0. The second-order valence-corrected chi connectivity index (χ2v) is 7.04. The van der Waals surface area contributed by atoms with Gasteiger partial charge in [0.25, 0.3) is 20.2 Å². The van der Waals surface area contributed by atoms with Crippen molar-refractivity contribution in [1.82, 2.24) is 0 Å². The maximum absolute atomic E-state index is 11.9. The standard InChI is InChI=1S/C11H16O6S2/c1-3-4-7-17-19(15,16)11-8-10(18(12,13)14)6-5-9(11)2/h5-6,8H,3-4,7H2,1-2H3,(H,12,13,14). The molecule has 8 heteroatoms. The highest BCUT2D eigenvalue weighted by atomic mass is 32.2. The lowest BCUT2D eigenvalue weighted by Gasteiger charge is -2.09. The molecule has 0 fully saturated rings. The molecule has 1 N–H and O–H groups in total. The summed E-state index contributed by atoms with van der Waals surface area (Å²) in [5, 5.41) is 0. The Morgan fingerprint density at radius 2 is 1.84 bits per heavy atom. The maximum Gasteiger partial charge on any atom is 0.297 e. The molecule has 0 aliphatic heterocycles. The van der Waals surface area contributed by atoms with Gasteiger partial charge in [-0.3, -0.25) is 8.74 Å². The average molecular weight is 308 g/mol. The second-order valence-electron chi connectivity index (χ2n) is 4.03. The molecule has 0 aliphatic carbocycles. The van der Waals surface area contributed by atoms with E-state index in [0.717, 1.165) is 18.6 Å². The van der Waals surface area contributed by atoms with Gasteiger partial charge >= 0.3 is 0 Å². The van der Waals surface area contributed by atoms with Crippen LogP contribution in [0.25, 0.3) is 0 Å². The Morgan fingerprint density at radius 1 is 1.21 bits per heavy atom. The fourth-order valence-electron chi connectivity index (χ4n) is 1.39. The van der Waals surface area contributed by atoms with E-state index in [2.05, 4.69) is 0 Å². The number of aryl methyl sites for hydroxylation is 1. The van der Waals surface area contributed by atoms with Gasteiger partial charge in [0.2, 0.25) is 0 Å². The van der Waals surface area contributed by atoms with E-state index < -0.39 is 25.1 Å². The van der Waals surface area contributed by atoms with Crippen molar-refractivity contribution in [3.05, 3.63) is 23.8 Å². The molecule has 0 saturated heterocycles. The topological polar surface area (TPSA) is 97.7 Å². The van der Waals surface area contributed by atoms with Gasteiger partial charge in [-0.15, -0.1) is 0 Å². The smallest absolute Gasteiger partial charge is 0.282 e. The molecule has 0 aliphatic rings. The van der Waals surface area contributed by atoms with Crippen LogP contribution in [0, 0.1) is 6.92 Å². The van der Waals surface area contributed by atoms with Crippen LogP contribution in [0.4, 0.5) is 0 Å². The van der Waals surface area contributed by atoms with E-state index in [1.807, 2.05) is 6.92 Å². The summed E-state index contributed by atoms with van der Waals surface area (Å²) in [4.78, 5) is -0.727. The highest BCUT2D eigenvalue weighted by Gasteiger charge is 2.21. The van der Waals surface area contributed by atoms with Gasteiger partial charge in [0, 0.05) is 0 Å². The Morgan fingerprint density at radius 3 is 2.37 bits per heavy atom. The SMILES string of the molecule is CCCCOS(=O)(=O)c1cc(S(=O)(=O)O)ccc1C. The van der Waals surface area contributed by atoms with Crippen LogP contribution in [0.1, 0.15) is 25.3 Å². The van der Waals surface area contributed by atoms with Crippen molar-refractivity contribution in [3.8, 4) is 0 Å². The largest absolute Gasteiger partial charge is 0.297 e. The van der Waals surface area contributed by atoms with Crippen molar-refractivity contribution in [3.63, 3.8) is 0 Å². The van der Waals surface area contributed by atoms with Gasteiger partial charge in [0.1, 0.15) is 0 Å². The molecule has 0 spiro atoms. The quantitative estimate of drug-likeness (QED) is 0.488. The fraction of sp³-hybridized carbons (Fsp3) is 0.455. The van der Waals surface area contributed by atoms with E-state index in [4.69, 9.17) is 8.74 Å². The molecule has 1 rings (SSSR count). The minimum atomic E-state index is -4.45. The molecule has 6 nitrogen and oxygen atoms in total. The second kappa shape index (κ2) is 6.00. The van der Waals surface area contributed by atoms with Crippen molar-refractivity contribution < 1.29 is 25.6 Å². The number of unbranched alkanes of at least 4 members (excludes halogenated alkanes) is 1. The Labute approximate surface area is 113 Å². The monoisotopic (exact) mass is 308 g/mol. The zero-order chi connectivity index (χ0) is 14.7. The van der Waals surface area contributed by atoms with E-state index in [0.29, 0.717) is 12.0 Å². The Balaban J connectivity index is 3.19. The summed E-state index contributed by atoms with van der Waals surface area (Å²) in [6, 6.07) is 3.33. The molecule has 0 amide bonds. The summed E-state index contributed by atoms with van der Waals surface area (Å²) in [5.74, 6) is 0. The molecule has 1 aromatic carbocycles. The number of rotatable bonds is 6. The Hall–Kier alpha value is -0.960. The van der Waals surface area contributed by atoms with Gasteiger partial charge in [-0.05, 0) is 31.0 Å². The predicted molar refractivity (Wildman–Crippen MR) is 69.0 cm³/mol. The van der Waals surface area contributed by atoms with Crippen molar-refractivity contribution in [1.29, 1.82) is 0 Å². The Kier molecular flexibility index (Phi) is 5.08. The lowest BCUT2D eigenvalue weighted by Crippen LogP contribution is -2.10. The van der Waals surface area contributed by atoms with E-state index in [9.17, 15) is 16.8 Å². The van der Waals surface area contributed by atoms with E-state index in [-0.39, 0.29) is 11.5 Å². The summed E-state index contributed by atoms with van der Waals surface area (Å²) in [6.07, 6.45) is 1.36. The number of hydrogen-bond acceptors (Lipinski definition) is 5. The zero-order valence-corrected chi connectivity index (χ0v) is 12.3. The third kappa shape index (κ3) is 4.27. The molecule has 0 heterocycles. The Bertz CT molecular complexity index is 646. The molecular weight excluding hydrogens is 292 g/mol. The third-order valence-electron chi connectivity index (χ3n) is 2.46. The lowest BCUT2D eigenvalue weighted by molar-refractivity contribution is 0.310. The normalized spacial score (nSPS) is 12.6.